The minimum atomic E-state index is 0.382. The highest BCUT2D eigenvalue weighted by Crippen LogP contribution is 2.43. The van der Waals surface area contributed by atoms with E-state index in [0.717, 1.165) is 98.3 Å². The predicted octanol–water partition coefficient (Wildman–Crippen LogP) is 6.00. The lowest BCUT2D eigenvalue weighted by molar-refractivity contribution is 0.461. The van der Waals surface area contributed by atoms with Crippen LogP contribution >= 0.6 is 0 Å². The number of aromatic hydroxyl groups is 2. The van der Waals surface area contributed by atoms with Gasteiger partial charge in [-0.15, -0.1) is 0 Å². The maximum absolute atomic E-state index is 11.0. The monoisotopic (exact) mass is 506 g/mol. The Morgan fingerprint density at radius 1 is 0.579 bits per heavy atom. The molecular formula is C32H34N4O2. The molecule has 0 saturated carbocycles. The third kappa shape index (κ3) is 4.03. The zero-order valence-electron chi connectivity index (χ0n) is 21.8. The minimum absolute atomic E-state index is 0.382. The second kappa shape index (κ2) is 9.50. The van der Waals surface area contributed by atoms with Crippen LogP contribution < -0.4 is 9.80 Å². The van der Waals surface area contributed by atoms with E-state index in [1.54, 1.807) is 12.4 Å². The summed E-state index contributed by atoms with van der Waals surface area (Å²) in [5.74, 6) is 0.764. The Morgan fingerprint density at radius 3 is 1.39 bits per heavy atom. The van der Waals surface area contributed by atoms with Gasteiger partial charge in [0.25, 0.3) is 0 Å². The SMILES string of the molecule is Oc1c(C=Nc2ccc(N=Cc3cc4c5c(c3O)CCCN5CCC4)cc2)cc2c3c1CCCN3CCC2. The third-order valence-corrected chi connectivity index (χ3v) is 8.60. The standard InChI is InChI=1S/C32H34N4O2/c37-31-23(17-21-5-1-13-35-15-3-7-27(31)29(21)35)19-33-25-9-11-26(12-10-25)34-20-24-18-22-6-2-14-36-16-4-8-28(30(22)36)32(24)38/h9-12,17-20,37-38H,1-8,13-16H2. The van der Waals surface area contributed by atoms with Gasteiger partial charge in [0.15, 0.2) is 0 Å². The van der Waals surface area contributed by atoms with E-state index < -0.39 is 0 Å². The molecule has 4 aliphatic rings. The van der Waals surface area contributed by atoms with Crippen LogP contribution in [0.5, 0.6) is 11.5 Å². The van der Waals surface area contributed by atoms with Gasteiger partial charge in [-0.05, 0) is 98.9 Å². The number of anilines is 2. The van der Waals surface area contributed by atoms with Crippen molar-refractivity contribution in [2.24, 2.45) is 9.98 Å². The van der Waals surface area contributed by atoms with Gasteiger partial charge in [-0.3, -0.25) is 9.98 Å². The zero-order valence-corrected chi connectivity index (χ0v) is 21.8. The number of phenols is 2. The van der Waals surface area contributed by atoms with Gasteiger partial charge < -0.3 is 20.0 Å². The molecule has 0 spiro atoms. The smallest absolute Gasteiger partial charge is 0.129 e. The van der Waals surface area contributed by atoms with Crippen LogP contribution in [0.2, 0.25) is 0 Å². The highest BCUT2D eigenvalue weighted by atomic mass is 16.3. The molecule has 4 heterocycles. The van der Waals surface area contributed by atoms with Crippen molar-refractivity contribution in [2.75, 3.05) is 36.0 Å². The fourth-order valence-electron chi connectivity index (χ4n) is 6.85. The lowest BCUT2D eigenvalue weighted by Crippen LogP contribution is -2.34. The van der Waals surface area contributed by atoms with Crippen molar-refractivity contribution >= 4 is 35.2 Å². The van der Waals surface area contributed by atoms with Crippen molar-refractivity contribution in [3.8, 4) is 11.5 Å². The summed E-state index contributed by atoms with van der Waals surface area (Å²) in [7, 11) is 0. The second-order valence-corrected chi connectivity index (χ2v) is 11.0. The summed E-state index contributed by atoms with van der Waals surface area (Å²) < 4.78 is 0. The summed E-state index contributed by atoms with van der Waals surface area (Å²) in [6, 6.07) is 12.0. The second-order valence-electron chi connectivity index (χ2n) is 11.0. The molecule has 0 atom stereocenters. The van der Waals surface area contributed by atoms with Crippen LogP contribution in [0, 0.1) is 0 Å². The van der Waals surface area contributed by atoms with E-state index in [9.17, 15) is 10.2 Å². The largest absolute Gasteiger partial charge is 0.507 e. The molecular weight excluding hydrogens is 472 g/mol. The third-order valence-electron chi connectivity index (χ3n) is 8.60. The molecule has 4 aliphatic heterocycles. The van der Waals surface area contributed by atoms with E-state index in [1.807, 2.05) is 24.3 Å². The number of phenolic OH excluding ortho intramolecular Hbond substituents is 2. The van der Waals surface area contributed by atoms with Gasteiger partial charge in [-0.1, -0.05) is 0 Å². The molecule has 0 saturated heterocycles. The first-order chi connectivity index (χ1) is 18.7. The molecule has 0 unspecified atom stereocenters. The Bertz CT molecular complexity index is 1340. The number of aryl methyl sites for hydroxylation is 2. The van der Waals surface area contributed by atoms with E-state index in [1.165, 1.54) is 35.3 Å². The number of aliphatic imine (C=N–C) groups is 2. The average molecular weight is 507 g/mol. The molecule has 2 N–H and O–H groups in total. The topological polar surface area (TPSA) is 71.7 Å². The molecule has 6 heteroatoms. The highest BCUT2D eigenvalue weighted by Gasteiger charge is 2.28. The molecule has 3 aromatic carbocycles. The number of benzene rings is 3. The van der Waals surface area contributed by atoms with Crippen molar-refractivity contribution in [3.63, 3.8) is 0 Å². The summed E-state index contributed by atoms with van der Waals surface area (Å²) in [5, 5.41) is 22.0. The molecule has 7 rings (SSSR count). The van der Waals surface area contributed by atoms with Gasteiger partial charge in [-0.2, -0.15) is 0 Å². The molecule has 0 aliphatic carbocycles. The quantitative estimate of drug-likeness (QED) is 0.426. The van der Waals surface area contributed by atoms with E-state index in [0.29, 0.717) is 11.5 Å². The van der Waals surface area contributed by atoms with Gasteiger partial charge in [0.2, 0.25) is 0 Å². The Kier molecular flexibility index (Phi) is 5.83. The molecule has 0 amide bonds. The number of rotatable bonds is 4. The minimum Gasteiger partial charge on any atom is -0.507 e. The van der Waals surface area contributed by atoms with Crippen LogP contribution in [-0.2, 0) is 25.7 Å². The average Bonchev–Trinajstić information content (AvgIpc) is 2.96. The lowest BCUT2D eigenvalue weighted by atomic mass is 9.89. The predicted molar refractivity (Wildman–Crippen MR) is 155 cm³/mol. The molecule has 0 radical (unpaired) electrons. The number of hydrogen-bond donors (Lipinski definition) is 2. The van der Waals surface area contributed by atoms with Crippen molar-refractivity contribution in [3.05, 3.63) is 69.8 Å². The number of nitrogens with zero attached hydrogens (tertiary/aromatic N) is 4. The summed E-state index contributed by atoms with van der Waals surface area (Å²) in [5.41, 5.74) is 10.6. The summed E-state index contributed by atoms with van der Waals surface area (Å²) in [6.45, 7) is 4.36. The van der Waals surface area contributed by atoms with Crippen LogP contribution in [-0.4, -0.2) is 48.8 Å². The molecule has 6 nitrogen and oxygen atoms in total. The van der Waals surface area contributed by atoms with Gasteiger partial charge in [0.1, 0.15) is 11.5 Å². The lowest BCUT2D eigenvalue weighted by Gasteiger charge is -2.37. The number of hydrogen-bond acceptors (Lipinski definition) is 6. The van der Waals surface area contributed by atoms with Crippen molar-refractivity contribution < 1.29 is 10.2 Å². The highest BCUT2D eigenvalue weighted by molar-refractivity contribution is 5.90. The van der Waals surface area contributed by atoms with E-state index in [-0.39, 0.29) is 0 Å². The van der Waals surface area contributed by atoms with Crippen LogP contribution in [0.1, 0.15) is 59.1 Å². The zero-order chi connectivity index (χ0) is 25.6. The normalized spacial score (nSPS) is 18.2. The molecule has 194 valence electrons. The van der Waals surface area contributed by atoms with Crippen molar-refractivity contribution in [1.82, 2.24) is 0 Å². The first-order valence-electron chi connectivity index (χ1n) is 14.1. The van der Waals surface area contributed by atoms with Crippen molar-refractivity contribution in [2.45, 2.75) is 51.4 Å². The molecule has 3 aromatic rings. The van der Waals surface area contributed by atoms with Gasteiger partial charge in [0.05, 0.1) is 11.4 Å². The van der Waals surface area contributed by atoms with Crippen LogP contribution in [0.4, 0.5) is 22.7 Å². The maximum Gasteiger partial charge on any atom is 0.129 e. The van der Waals surface area contributed by atoms with Gasteiger partial charge >= 0.3 is 0 Å². The van der Waals surface area contributed by atoms with Gasteiger partial charge in [-0.25, -0.2) is 0 Å². The Balaban J connectivity index is 1.11. The van der Waals surface area contributed by atoms with E-state index in [4.69, 9.17) is 0 Å². The first-order valence-corrected chi connectivity index (χ1v) is 14.1. The van der Waals surface area contributed by atoms with Crippen molar-refractivity contribution in [1.29, 1.82) is 0 Å². The molecule has 0 fully saturated rings. The molecule has 38 heavy (non-hydrogen) atoms. The molecule has 0 bridgehead atoms. The summed E-state index contributed by atoms with van der Waals surface area (Å²) in [4.78, 5) is 14.2. The first kappa shape index (κ1) is 23.3. The Labute approximate surface area is 224 Å². The maximum atomic E-state index is 11.0. The fourth-order valence-corrected chi connectivity index (χ4v) is 6.85. The van der Waals surface area contributed by atoms with Crippen LogP contribution in [0.15, 0.2) is 46.4 Å². The van der Waals surface area contributed by atoms with Crippen LogP contribution in [0.3, 0.4) is 0 Å². The molecule has 0 aromatic heterocycles. The summed E-state index contributed by atoms with van der Waals surface area (Å²) >= 11 is 0. The van der Waals surface area contributed by atoms with Gasteiger partial charge in [0, 0.05) is 72.2 Å². The van der Waals surface area contributed by atoms with E-state index >= 15 is 0 Å². The van der Waals surface area contributed by atoms with Crippen LogP contribution in [0.25, 0.3) is 0 Å². The fraction of sp³-hybridized carbons (Fsp3) is 0.375. The Hall–Kier alpha value is -3.80. The Morgan fingerprint density at radius 2 is 0.974 bits per heavy atom. The van der Waals surface area contributed by atoms with E-state index in [2.05, 4.69) is 31.9 Å². The summed E-state index contributed by atoms with van der Waals surface area (Å²) in [6.07, 6.45) is 12.1.